The van der Waals surface area contributed by atoms with Crippen LogP contribution in [0.4, 0.5) is 4.39 Å². The van der Waals surface area contributed by atoms with E-state index in [4.69, 9.17) is 14.2 Å². The lowest BCUT2D eigenvalue weighted by molar-refractivity contribution is -0.146. The van der Waals surface area contributed by atoms with Crippen molar-refractivity contribution in [3.8, 4) is 0 Å². The van der Waals surface area contributed by atoms with Crippen LogP contribution in [0.1, 0.15) is 71.6 Å². The number of alkyl halides is 1. The Labute approximate surface area is 157 Å². The van der Waals surface area contributed by atoms with E-state index in [9.17, 15) is 9.50 Å². The van der Waals surface area contributed by atoms with E-state index in [1.54, 1.807) is 0 Å². The van der Waals surface area contributed by atoms with E-state index in [1.165, 1.54) is 0 Å². The molecule has 0 spiro atoms. The second-order valence-corrected chi connectivity index (χ2v) is 8.26. The van der Waals surface area contributed by atoms with E-state index >= 15 is 0 Å². The third-order valence-corrected chi connectivity index (χ3v) is 6.14. The highest BCUT2D eigenvalue weighted by Crippen LogP contribution is 2.49. The van der Waals surface area contributed by atoms with Crippen LogP contribution in [0, 0.1) is 17.8 Å². The Bertz CT molecular complexity index is 463. The van der Waals surface area contributed by atoms with E-state index in [-0.39, 0.29) is 24.2 Å². The summed E-state index contributed by atoms with van der Waals surface area (Å²) < 4.78 is 32.0. The molecule has 4 nitrogen and oxygen atoms in total. The molecule has 3 aliphatic rings. The van der Waals surface area contributed by atoms with Gasteiger partial charge in [-0.25, -0.2) is 4.39 Å². The van der Waals surface area contributed by atoms with Crippen molar-refractivity contribution in [2.24, 2.45) is 17.8 Å². The van der Waals surface area contributed by atoms with Gasteiger partial charge in [-0.1, -0.05) is 26.7 Å². The number of halogens is 1. The summed E-state index contributed by atoms with van der Waals surface area (Å²) in [6.07, 6.45) is 7.91. The second kappa shape index (κ2) is 9.52. The molecule has 3 fully saturated rings. The highest BCUT2D eigenvalue weighted by Gasteiger charge is 2.50. The van der Waals surface area contributed by atoms with Gasteiger partial charge >= 0.3 is 0 Å². The van der Waals surface area contributed by atoms with Gasteiger partial charge in [0, 0.05) is 31.1 Å². The molecule has 7 atom stereocenters. The molecule has 2 heterocycles. The SMILES string of the molecule is CCCCC(F)CC=C(OC1CCCCO1)[C@@H]1[C@H]2CC(O)O[C@@H]2C[C@H]1C. The summed E-state index contributed by atoms with van der Waals surface area (Å²) in [4.78, 5) is 0. The number of hydrogen-bond acceptors (Lipinski definition) is 4. The van der Waals surface area contributed by atoms with Gasteiger partial charge in [0.05, 0.1) is 18.5 Å². The molecule has 1 aliphatic carbocycles. The van der Waals surface area contributed by atoms with E-state index in [0.717, 1.165) is 50.9 Å². The first-order valence-corrected chi connectivity index (χ1v) is 10.5. The van der Waals surface area contributed by atoms with E-state index < -0.39 is 12.5 Å². The zero-order valence-corrected chi connectivity index (χ0v) is 16.2. The molecule has 0 aromatic rings. The zero-order chi connectivity index (χ0) is 18.5. The minimum Gasteiger partial charge on any atom is -0.469 e. The van der Waals surface area contributed by atoms with Crippen LogP contribution in [0.5, 0.6) is 0 Å². The van der Waals surface area contributed by atoms with Gasteiger partial charge in [0.1, 0.15) is 6.17 Å². The molecule has 1 N–H and O–H groups in total. The molecule has 5 heteroatoms. The van der Waals surface area contributed by atoms with Gasteiger partial charge in [-0.2, -0.15) is 0 Å². The monoisotopic (exact) mass is 370 g/mol. The maximum Gasteiger partial charge on any atom is 0.199 e. The third-order valence-electron chi connectivity index (χ3n) is 6.14. The van der Waals surface area contributed by atoms with Crippen molar-refractivity contribution in [1.82, 2.24) is 0 Å². The number of aliphatic hydroxyl groups is 1. The zero-order valence-electron chi connectivity index (χ0n) is 16.2. The predicted octanol–water partition coefficient (Wildman–Crippen LogP) is 4.71. The Morgan fingerprint density at radius 1 is 1.35 bits per heavy atom. The Morgan fingerprint density at radius 3 is 2.92 bits per heavy atom. The molecule has 26 heavy (non-hydrogen) atoms. The van der Waals surface area contributed by atoms with Crippen LogP contribution < -0.4 is 0 Å². The van der Waals surface area contributed by atoms with Gasteiger partial charge in [-0.05, 0) is 37.7 Å². The predicted molar refractivity (Wildman–Crippen MR) is 98.1 cm³/mol. The van der Waals surface area contributed by atoms with Crippen molar-refractivity contribution < 1.29 is 23.7 Å². The highest BCUT2D eigenvalue weighted by atomic mass is 19.1. The van der Waals surface area contributed by atoms with Crippen LogP contribution in [-0.4, -0.2) is 36.6 Å². The van der Waals surface area contributed by atoms with E-state index in [1.807, 2.05) is 6.08 Å². The summed E-state index contributed by atoms with van der Waals surface area (Å²) in [5, 5.41) is 9.89. The summed E-state index contributed by atoms with van der Waals surface area (Å²) in [6.45, 7) is 5.03. The molecule has 2 aliphatic heterocycles. The molecule has 1 saturated carbocycles. The van der Waals surface area contributed by atoms with Crippen molar-refractivity contribution in [2.45, 2.75) is 96.5 Å². The normalized spacial score (nSPS) is 39.0. The quantitative estimate of drug-likeness (QED) is 0.629. The third kappa shape index (κ3) is 4.99. The fourth-order valence-electron chi connectivity index (χ4n) is 4.78. The number of ether oxygens (including phenoxy) is 3. The molecule has 150 valence electrons. The minimum absolute atomic E-state index is 0.0885. The summed E-state index contributed by atoms with van der Waals surface area (Å²) in [5.41, 5.74) is 0. The number of allylic oxidation sites excluding steroid dienone is 2. The summed E-state index contributed by atoms with van der Waals surface area (Å²) >= 11 is 0. The van der Waals surface area contributed by atoms with Crippen molar-refractivity contribution in [3.63, 3.8) is 0 Å². The largest absolute Gasteiger partial charge is 0.469 e. The van der Waals surface area contributed by atoms with Gasteiger partial charge in [-0.3, -0.25) is 0 Å². The van der Waals surface area contributed by atoms with Gasteiger partial charge in [0.25, 0.3) is 0 Å². The van der Waals surface area contributed by atoms with Gasteiger partial charge in [0.15, 0.2) is 12.6 Å². The molecule has 0 aromatic carbocycles. The molecule has 2 saturated heterocycles. The fourth-order valence-corrected chi connectivity index (χ4v) is 4.78. The molecule has 0 radical (unpaired) electrons. The van der Waals surface area contributed by atoms with Crippen molar-refractivity contribution in [1.29, 1.82) is 0 Å². The number of unbranched alkanes of at least 4 members (excludes halogenated alkanes) is 1. The summed E-state index contributed by atoms with van der Waals surface area (Å²) in [7, 11) is 0. The first-order valence-electron chi connectivity index (χ1n) is 10.5. The fraction of sp³-hybridized carbons (Fsp3) is 0.905. The maximum absolute atomic E-state index is 14.2. The van der Waals surface area contributed by atoms with E-state index in [0.29, 0.717) is 25.2 Å². The van der Waals surface area contributed by atoms with Crippen LogP contribution in [0.3, 0.4) is 0 Å². The minimum atomic E-state index is -0.821. The molecule has 3 unspecified atom stereocenters. The summed E-state index contributed by atoms with van der Waals surface area (Å²) in [6, 6.07) is 0. The lowest BCUT2D eigenvalue weighted by Gasteiger charge is -2.30. The van der Waals surface area contributed by atoms with E-state index in [2.05, 4.69) is 13.8 Å². The van der Waals surface area contributed by atoms with Gasteiger partial charge in [-0.15, -0.1) is 0 Å². The topological polar surface area (TPSA) is 47.9 Å². The maximum atomic E-state index is 14.2. The second-order valence-electron chi connectivity index (χ2n) is 8.26. The van der Waals surface area contributed by atoms with Crippen molar-refractivity contribution in [2.75, 3.05) is 6.61 Å². The Hall–Kier alpha value is -0.650. The van der Waals surface area contributed by atoms with Crippen molar-refractivity contribution in [3.05, 3.63) is 11.8 Å². The van der Waals surface area contributed by atoms with Gasteiger partial charge < -0.3 is 19.3 Å². The molecule has 0 bridgehead atoms. The van der Waals surface area contributed by atoms with Crippen molar-refractivity contribution >= 4 is 0 Å². The Morgan fingerprint density at radius 2 is 2.19 bits per heavy atom. The average molecular weight is 371 g/mol. The van der Waals surface area contributed by atoms with Crippen LogP contribution in [0.15, 0.2) is 11.8 Å². The number of rotatable bonds is 8. The number of fused-ring (bicyclic) bond motifs is 1. The average Bonchev–Trinajstić information content (AvgIpc) is 3.12. The molecular formula is C21H35FO4. The lowest BCUT2D eigenvalue weighted by Crippen LogP contribution is -2.27. The van der Waals surface area contributed by atoms with Gasteiger partial charge in [0.2, 0.25) is 0 Å². The lowest BCUT2D eigenvalue weighted by atomic mass is 9.86. The number of hydrogen-bond donors (Lipinski definition) is 1. The van der Waals surface area contributed by atoms with Crippen LogP contribution >= 0.6 is 0 Å². The first-order chi connectivity index (χ1) is 12.6. The first kappa shape index (κ1) is 20.1. The standard InChI is InChI=1S/C21H35FO4/c1-3-4-7-15(22)9-10-17(26-20-8-5-6-11-24-20)21-14(2)12-18-16(21)13-19(23)25-18/h10,14-16,18-21,23H,3-9,11-13H2,1-2H3/t14-,15?,16+,18-,19?,20?,21+/m1/s1. The smallest absolute Gasteiger partial charge is 0.199 e. The van der Waals surface area contributed by atoms with Crippen LogP contribution in [0.25, 0.3) is 0 Å². The highest BCUT2D eigenvalue weighted by molar-refractivity contribution is 5.10. The molecular weight excluding hydrogens is 335 g/mol. The summed E-state index contributed by atoms with van der Waals surface area (Å²) in [5.74, 6) is 1.71. The van der Waals surface area contributed by atoms with Crippen LogP contribution in [0.2, 0.25) is 0 Å². The molecule has 0 amide bonds. The van der Waals surface area contributed by atoms with Crippen LogP contribution in [-0.2, 0) is 14.2 Å². The Kier molecular flexibility index (Phi) is 7.35. The number of aliphatic hydroxyl groups excluding tert-OH is 1. The molecule has 3 rings (SSSR count). The Balaban J connectivity index is 1.70. The molecule has 0 aromatic heterocycles.